The molecule has 1 aromatic rings. The Balaban J connectivity index is 2.35. The highest BCUT2D eigenvalue weighted by Gasteiger charge is 2.27. The lowest BCUT2D eigenvalue weighted by molar-refractivity contribution is -0.137. The third kappa shape index (κ3) is 3.17. The molecule has 5 nitrogen and oxygen atoms in total. The van der Waals surface area contributed by atoms with E-state index in [2.05, 4.69) is 6.07 Å². The average Bonchev–Trinajstić information content (AvgIpc) is 2.46. The summed E-state index contributed by atoms with van der Waals surface area (Å²) >= 11 is 1.75. The van der Waals surface area contributed by atoms with Crippen molar-refractivity contribution in [2.45, 2.75) is 12.5 Å². The fourth-order valence-electron chi connectivity index (χ4n) is 2.31. The van der Waals surface area contributed by atoms with Crippen LogP contribution in [-0.4, -0.2) is 42.3 Å². The molecular weight excluding hydrogens is 276 g/mol. The molecule has 0 aliphatic carbocycles. The molecule has 1 aliphatic rings. The Morgan fingerprint density at radius 3 is 3.10 bits per heavy atom. The van der Waals surface area contributed by atoms with Crippen LogP contribution >= 0.6 is 11.8 Å². The van der Waals surface area contributed by atoms with Crippen LogP contribution in [0.4, 0.5) is 5.69 Å². The van der Waals surface area contributed by atoms with Crippen molar-refractivity contribution in [3.05, 3.63) is 23.8 Å². The minimum Gasteiger partial charge on any atom is -0.497 e. The number of rotatable bonds is 4. The van der Waals surface area contributed by atoms with E-state index in [0.29, 0.717) is 11.3 Å². The molecule has 0 aromatic heterocycles. The van der Waals surface area contributed by atoms with Gasteiger partial charge in [0.25, 0.3) is 0 Å². The van der Waals surface area contributed by atoms with Crippen molar-refractivity contribution >= 4 is 23.4 Å². The van der Waals surface area contributed by atoms with E-state index in [0.717, 1.165) is 23.7 Å². The van der Waals surface area contributed by atoms with Crippen LogP contribution in [0.1, 0.15) is 12.0 Å². The standard InChI is InChI=1S/C14H16N2O3S/c1-19-12-3-2-10(8-15)13(7-12)16-4-5-20-9-11(16)6-14(17)18/h2-3,7,11H,4-6,9H2,1H3,(H,17,18). The van der Waals surface area contributed by atoms with E-state index >= 15 is 0 Å². The van der Waals surface area contributed by atoms with Gasteiger partial charge >= 0.3 is 5.97 Å². The third-order valence-corrected chi connectivity index (χ3v) is 4.36. The molecule has 1 aliphatic heterocycles. The first-order valence-corrected chi connectivity index (χ1v) is 7.45. The van der Waals surface area contributed by atoms with Crippen LogP contribution in [0.3, 0.4) is 0 Å². The molecular formula is C14H16N2O3S. The van der Waals surface area contributed by atoms with Crippen molar-refractivity contribution in [3.63, 3.8) is 0 Å². The molecule has 1 aromatic carbocycles. The van der Waals surface area contributed by atoms with Gasteiger partial charge in [0.1, 0.15) is 11.8 Å². The predicted molar refractivity (Wildman–Crippen MR) is 78.4 cm³/mol. The van der Waals surface area contributed by atoms with Crippen LogP contribution in [0.15, 0.2) is 18.2 Å². The van der Waals surface area contributed by atoms with E-state index < -0.39 is 5.97 Å². The second kappa shape index (κ2) is 6.53. The molecule has 106 valence electrons. The molecule has 0 bridgehead atoms. The first kappa shape index (κ1) is 14.5. The number of carbonyl (C=O) groups is 1. The van der Waals surface area contributed by atoms with Gasteiger partial charge in [0.2, 0.25) is 0 Å². The molecule has 1 heterocycles. The second-order valence-corrected chi connectivity index (χ2v) is 5.66. The molecule has 6 heteroatoms. The van der Waals surface area contributed by atoms with Gasteiger partial charge in [-0.2, -0.15) is 17.0 Å². The van der Waals surface area contributed by atoms with Crippen LogP contribution < -0.4 is 9.64 Å². The van der Waals surface area contributed by atoms with Crippen molar-refractivity contribution in [3.8, 4) is 11.8 Å². The van der Waals surface area contributed by atoms with Gasteiger partial charge in [0.15, 0.2) is 0 Å². The Kier molecular flexibility index (Phi) is 4.74. The second-order valence-electron chi connectivity index (χ2n) is 4.51. The molecule has 0 spiro atoms. The van der Waals surface area contributed by atoms with Gasteiger partial charge in [-0.15, -0.1) is 0 Å². The van der Waals surface area contributed by atoms with Gasteiger partial charge < -0.3 is 14.7 Å². The van der Waals surface area contributed by atoms with Crippen LogP contribution in [0.25, 0.3) is 0 Å². The molecule has 0 amide bonds. The lowest BCUT2D eigenvalue weighted by Gasteiger charge is -2.37. The fourth-order valence-corrected chi connectivity index (χ4v) is 3.38. The SMILES string of the molecule is COc1ccc(C#N)c(N2CCSCC2CC(=O)O)c1. The number of ether oxygens (including phenoxy) is 1. The van der Waals surface area contributed by atoms with Crippen molar-refractivity contribution < 1.29 is 14.6 Å². The normalized spacial score (nSPS) is 18.4. The molecule has 0 saturated carbocycles. The van der Waals surface area contributed by atoms with Crippen molar-refractivity contribution in [1.82, 2.24) is 0 Å². The zero-order valence-electron chi connectivity index (χ0n) is 11.2. The number of carboxylic acids is 1. The average molecular weight is 292 g/mol. The van der Waals surface area contributed by atoms with Crippen LogP contribution in [0.5, 0.6) is 5.75 Å². The number of hydrogen-bond acceptors (Lipinski definition) is 5. The summed E-state index contributed by atoms with van der Waals surface area (Å²) < 4.78 is 5.20. The van der Waals surface area contributed by atoms with Crippen LogP contribution in [0, 0.1) is 11.3 Å². The maximum Gasteiger partial charge on any atom is 0.305 e. The first-order valence-electron chi connectivity index (χ1n) is 6.30. The summed E-state index contributed by atoms with van der Waals surface area (Å²) in [6.45, 7) is 0.741. The highest BCUT2D eigenvalue weighted by Crippen LogP contribution is 2.31. The highest BCUT2D eigenvalue weighted by molar-refractivity contribution is 7.99. The van der Waals surface area contributed by atoms with Crippen molar-refractivity contribution in [1.29, 1.82) is 5.26 Å². The van der Waals surface area contributed by atoms with Crippen molar-refractivity contribution in [2.75, 3.05) is 30.1 Å². The molecule has 0 radical (unpaired) electrons. The Morgan fingerprint density at radius 1 is 1.65 bits per heavy atom. The molecule has 1 saturated heterocycles. The van der Waals surface area contributed by atoms with E-state index in [1.54, 1.807) is 31.0 Å². The number of anilines is 1. The molecule has 1 fully saturated rings. The van der Waals surface area contributed by atoms with E-state index in [-0.39, 0.29) is 12.5 Å². The van der Waals surface area contributed by atoms with Gasteiger partial charge in [0, 0.05) is 30.2 Å². The summed E-state index contributed by atoms with van der Waals surface area (Å²) in [4.78, 5) is 13.0. The summed E-state index contributed by atoms with van der Waals surface area (Å²) in [5.41, 5.74) is 1.31. The number of thioether (sulfide) groups is 1. The Labute approximate surface area is 122 Å². The number of benzene rings is 1. The van der Waals surface area contributed by atoms with E-state index in [1.165, 1.54) is 0 Å². The zero-order chi connectivity index (χ0) is 14.5. The number of nitrogens with zero attached hydrogens (tertiary/aromatic N) is 2. The number of aliphatic carboxylic acids is 1. The topological polar surface area (TPSA) is 73.6 Å². The highest BCUT2D eigenvalue weighted by atomic mass is 32.2. The minimum absolute atomic E-state index is 0.0785. The molecule has 20 heavy (non-hydrogen) atoms. The largest absolute Gasteiger partial charge is 0.497 e. The van der Waals surface area contributed by atoms with Crippen LogP contribution in [0.2, 0.25) is 0 Å². The molecule has 1 N–H and O–H groups in total. The molecule has 1 unspecified atom stereocenters. The monoisotopic (exact) mass is 292 g/mol. The van der Waals surface area contributed by atoms with E-state index in [1.807, 2.05) is 11.0 Å². The van der Waals surface area contributed by atoms with Gasteiger partial charge in [-0.1, -0.05) is 0 Å². The Bertz CT molecular complexity index is 542. The maximum absolute atomic E-state index is 11.0. The number of hydrogen-bond donors (Lipinski definition) is 1. The lowest BCUT2D eigenvalue weighted by Crippen LogP contribution is -2.44. The van der Waals surface area contributed by atoms with Gasteiger partial charge in [-0.05, 0) is 12.1 Å². The first-order chi connectivity index (χ1) is 9.65. The summed E-state index contributed by atoms with van der Waals surface area (Å²) in [7, 11) is 1.58. The Morgan fingerprint density at radius 2 is 2.45 bits per heavy atom. The smallest absolute Gasteiger partial charge is 0.305 e. The fraction of sp³-hybridized carbons (Fsp3) is 0.429. The maximum atomic E-state index is 11.0. The predicted octanol–water partition coefficient (Wildman–Crippen LogP) is 1.96. The lowest BCUT2D eigenvalue weighted by atomic mass is 10.1. The number of methoxy groups -OCH3 is 1. The van der Waals surface area contributed by atoms with Gasteiger partial charge in [0.05, 0.1) is 24.8 Å². The summed E-state index contributed by atoms with van der Waals surface area (Å²) in [5, 5.41) is 18.3. The van der Waals surface area contributed by atoms with Crippen LogP contribution in [-0.2, 0) is 4.79 Å². The molecule has 1 atom stereocenters. The van der Waals surface area contributed by atoms with E-state index in [9.17, 15) is 10.1 Å². The quantitative estimate of drug-likeness (QED) is 0.914. The Hall–Kier alpha value is -1.87. The summed E-state index contributed by atoms with van der Waals surface area (Å²) in [6, 6.07) is 7.34. The number of nitriles is 1. The number of carboxylic acid groups (broad SMARTS) is 1. The minimum atomic E-state index is -0.816. The van der Waals surface area contributed by atoms with Gasteiger partial charge in [-0.3, -0.25) is 4.79 Å². The van der Waals surface area contributed by atoms with Crippen molar-refractivity contribution in [2.24, 2.45) is 0 Å². The summed E-state index contributed by atoms with van der Waals surface area (Å²) in [6.07, 6.45) is 0.0785. The molecule has 2 rings (SSSR count). The zero-order valence-corrected chi connectivity index (χ0v) is 12.0. The van der Waals surface area contributed by atoms with Gasteiger partial charge in [-0.25, -0.2) is 0 Å². The van der Waals surface area contributed by atoms with E-state index in [4.69, 9.17) is 9.84 Å². The summed E-state index contributed by atoms with van der Waals surface area (Å²) in [5.74, 6) is 1.54. The third-order valence-electron chi connectivity index (χ3n) is 3.27.